The summed E-state index contributed by atoms with van der Waals surface area (Å²) in [6, 6.07) is 10.5. The fourth-order valence-corrected chi connectivity index (χ4v) is 3.22. The topological polar surface area (TPSA) is 59.7 Å². The second kappa shape index (κ2) is 4.90. The van der Waals surface area contributed by atoms with Crippen molar-refractivity contribution in [1.82, 2.24) is 0 Å². The number of aliphatic hydroxyl groups is 1. The second-order valence-electron chi connectivity index (χ2n) is 5.44. The van der Waals surface area contributed by atoms with Gasteiger partial charge in [0.1, 0.15) is 11.4 Å². The first-order valence-electron chi connectivity index (χ1n) is 6.61. The Hall–Kier alpha value is -1.78. The highest BCUT2D eigenvalue weighted by molar-refractivity contribution is 6.30. The van der Waals surface area contributed by atoms with Crippen LogP contribution < -0.4 is 0 Å². The van der Waals surface area contributed by atoms with Crippen LogP contribution in [0.4, 0.5) is 0 Å². The van der Waals surface area contributed by atoms with E-state index in [1.54, 1.807) is 36.4 Å². The van der Waals surface area contributed by atoms with E-state index in [4.69, 9.17) is 20.8 Å². The SMILES string of the molecule is COC(=O)C1(c2ccc(Cl)cc2)CC(O)(c2ccco2)C1. The number of carbonyl (C=O) groups excluding carboxylic acids is 1. The van der Waals surface area contributed by atoms with Crippen molar-refractivity contribution >= 4 is 17.6 Å². The average molecular weight is 307 g/mol. The molecule has 1 N–H and O–H groups in total. The van der Waals surface area contributed by atoms with E-state index in [0.29, 0.717) is 10.8 Å². The Balaban J connectivity index is 1.95. The number of halogens is 1. The van der Waals surface area contributed by atoms with Gasteiger partial charge in [0.2, 0.25) is 0 Å². The largest absolute Gasteiger partial charge is 0.468 e. The van der Waals surface area contributed by atoms with Crippen LogP contribution in [0.15, 0.2) is 47.1 Å². The number of methoxy groups -OCH3 is 1. The lowest BCUT2D eigenvalue weighted by molar-refractivity contribution is -0.172. The van der Waals surface area contributed by atoms with Crippen LogP contribution in [0.5, 0.6) is 0 Å². The summed E-state index contributed by atoms with van der Waals surface area (Å²) in [6.07, 6.45) is 1.96. The van der Waals surface area contributed by atoms with Gasteiger partial charge in [0.25, 0.3) is 0 Å². The van der Waals surface area contributed by atoms with Crippen LogP contribution in [0.3, 0.4) is 0 Å². The number of rotatable bonds is 3. The highest BCUT2D eigenvalue weighted by atomic mass is 35.5. The minimum atomic E-state index is -1.14. The lowest BCUT2D eigenvalue weighted by Crippen LogP contribution is -2.57. The third-order valence-corrected chi connectivity index (χ3v) is 4.39. The van der Waals surface area contributed by atoms with Crippen LogP contribution >= 0.6 is 11.6 Å². The molecule has 3 rings (SSSR count). The molecule has 0 aliphatic heterocycles. The minimum Gasteiger partial charge on any atom is -0.468 e. The quantitative estimate of drug-likeness (QED) is 0.886. The highest BCUT2D eigenvalue weighted by Gasteiger charge is 2.62. The molecule has 2 aromatic rings. The van der Waals surface area contributed by atoms with E-state index in [1.165, 1.54) is 13.4 Å². The third-order valence-electron chi connectivity index (χ3n) is 4.14. The van der Waals surface area contributed by atoms with Crippen LogP contribution in [-0.2, 0) is 20.5 Å². The van der Waals surface area contributed by atoms with Crippen LogP contribution in [0.25, 0.3) is 0 Å². The monoisotopic (exact) mass is 306 g/mol. The number of benzene rings is 1. The normalized spacial score (nSPS) is 28.0. The zero-order chi connectivity index (χ0) is 15.1. The fourth-order valence-electron chi connectivity index (χ4n) is 3.09. The molecule has 0 radical (unpaired) electrons. The predicted molar refractivity (Wildman–Crippen MR) is 77.0 cm³/mol. The average Bonchev–Trinajstić information content (AvgIpc) is 2.98. The van der Waals surface area contributed by atoms with Crippen molar-refractivity contribution in [2.75, 3.05) is 7.11 Å². The molecule has 1 aliphatic carbocycles. The molecule has 1 fully saturated rings. The number of ether oxygens (including phenoxy) is 1. The fraction of sp³-hybridized carbons (Fsp3) is 0.312. The first kappa shape index (κ1) is 14.2. The number of furan rings is 1. The Bertz CT molecular complexity index is 639. The standard InChI is InChI=1S/C16H15ClO4/c1-20-14(18)15(11-4-6-12(17)7-5-11)9-16(19,10-15)13-3-2-8-21-13/h2-8,19H,9-10H2,1H3. The van der Waals surface area contributed by atoms with E-state index < -0.39 is 11.0 Å². The van der Waals surface area contributed by atoms with Gasteiger partial charge in [-0.05, 0) is 29.8 Å². The molecule has 0 atom stereocenters. The molecule has 1 aromatic carbocycles. The molecule has 0 bridgehead atoms. The molecule has 110 valence electrons. The first-order chi connectivity index (χ1) is 10.00. The summed E-state index contributed by atoms with van der Waals surface area (Å²) in [5.41, 5.74) is -1.21. The zero-order valence-electron chi connectivity index (χ0n) is 11.5. The van der Waals surface area contributed by atoms with Crippen molar-refractivity contribution in [1.29, 1.82) is 0 Å². The summed E-state index contributed by atoms with van der Waals surface area (Å²) >= 11 is 5.89. The molecule has 0 spiro atoms. The maximum atomic E-state index is 12.3. The first-order valence-corrected chi connectivity index (χ1v) is 6.99. The van der Waals surface area contributed by atoms with Gasteiger partial charge in [0, 0.05) is 17.9 Å². The number of hydrogen-bond donors (Lipinski definition) is 1. The molecule has 21 heavy (non-hydrogen) atoms. The third kappa shape index (κ3) is 2.15. The van der Waals surface area contributed by atoms with Gasteiger partial charge in [0.15, 0.2) is 0 Å². The van der Waals surface area contributed by atoms with Crippen molar-refractivity contribution in [2.45, 2.75) is 23.9 Å². The van der Waals surface area contributed by atoms with Gasteiger partial charge >= 0.3 is 5.97 Å². The van der Waals surface area contributed by atoms with Crippen LogP contribution in [0.2, 0.25) is 5.02 Å². The molecule has 0 amide bonds. The lowest BCUT2D eigenvalue weighted by Gasteiger charge is -2.50. The van der Waals surface area contributed by atoms with Crippen LogP contribution in [-0.4, -0.2) is 18.2 Å². The smallest absolute Gasteiger partial charge is 0.316 e. The molecule has 1 heterocycles. The number of esters is 1. The van der Waals surface area contributed by atoms with E-state index in [1.807, 2.05) is 0 Å². The van der Waals surface area contributed by atoms with Crippen LogP contribution in [0.1, 0.15) is 24.2 Å². The lowest BCUT2D eigenvalue weighted by atomic mass is 9.55. The summed E-state index contributed by atoms with van der Waals surface area (Å²) in [7, 11) is 1.35. The summed E-state index contributed by atoms with van der Waals surface area (Å²) in [6.45, 7) is 0. The Morgan fingerprint density at radius 1 is 1.29 bits per heavy atom. The molecule has 0 saturated heterocycles. The van der Waals surface area contributed by atoms with Crippen molar-refractivity contribution in [3.05, 3.63) is 59.0 Å². The van der Waals surface area contributed by atoms with Crippen molar-refractivity contribution < 1.29 is 19.1 Å². The minimum absolute atomic E-state index is 0.224. The van der Waals surface area contributed by atoms with E-state index >= 15 is 0 Å². The van der Waals surface area contributed by atoms with Gasteiger partial charge in [-0.1, -0.05) is 23.7 Å². The maximum absolute atomic E-state index is 12.3. The summed E-state index contributed by atoms with van der Waals surface area (Å²) in [5.74, 6) is 0.108. The molecule has 1 aromatic heterocycles. The predicted octanol–water partition coefficient (Wildman–Crippen LogP) is 3.03. The maximum Gasteiger partial charge on any atom is 0.316 e. The second-order valence-corrected chi connectivity index (χ2v) is 5.88. The van der Waals surface area contributed by atoms with Crippen molar-refractivity contribution in [3.8, 4) is 0 Å². The molecular formula is C16H15ClO4. The number of hydrogen-bond acceptors (Lipinski definition) is 4. The van der Waals surface area contributed by atoms with Gasteiger partial charge in [-0.3, -0.25) is 4.79 Å². The van der Waals surface area contributed by atoms with Crippen molar-refractivity contribution in [3.63, 3.8) is 0 Å². The molecule has 4 nitrogen and oxygen atoms in total. The molecular weight excluding hydrogens is 292 g/mol. The van der Waals surface area contributed by atoms with E-state index in [-0.39, 0.29) is 18.8 Å². The van der Waals surface area contributed by atoms with Gasteiger partial charge in [-0.15, -0.1) is 0 Å². The van der Waals surface area contributed by atoms with E-state index in [9.17, 15) is 9.90 Å². The molecule has 1 aliphatic rings. The van der Waals surface area contributed by atoms with Crippen molar-refractivity contribution in [2.24, 2.45) is 0 Å². The Kier molecular flexibility index (Phi) is 3.30. The summed E-state index contributed by atoms with van der Waals surface area (Å²) in [4.78, 5) is 12.3. The summed E-state index contributed by atoms with van der Waals surface area (Å²) < 4.78 is 10.2. The number of carbonyl (C=O) groups is 1. The Labute approximate surface area is 127 Å². The van der Waals surface area contributed by atoms with Gasteiger partial charge in [0.05, 0.1) is 18.8 Å². The molecule has 1 saturated carbocycles. The zero-order valence-corrected chi connectivity index (χ0v) is 12.3. The Morgan fingerprint density at radius 3 is 2.48 bits per heavy atom. The van der Waals surface area contributed by atoms with Gasteiger partial charge in [-0.2, -0.15) is 0 Å². The molecule has 0 unspecified atom stereocenters. The van der Waals surface area contributed by atoms with E-state index in [0.717, 1.165) is 5.56 Å². The molecule has 5 heteroatoms. The highest BCUT2D eigenvalue weighted by Crippen LogP contribution is 2.56. The Morgan fingerprint density at radius 2 is 1.95 bits per heavy atom. The van der Waals surface area contributed by atoms with E-state index in [2.05, 4.69) is 0 Å². The van der Waals surface area contributed by atoms with Crippen LogP contribution in [0, 0.1) is 0 Å². The van der Waals surface area contributed by atoms with Gasteiger partial charge < -0.3 is 14.3 Å². The summed E-state index contributed by atoms with van der Waals surface area (Å²) in [5, 5.41) is 11.2. The van der Waals surface area contributed by atoms with Gasteiger partial charge in [-0.25, -0.2) is 0 Å².